The standard InChI is InChI=1S/C19H16F2N2O2S/c1-23-14-6-2-12(3-7-14)16-10-18(20)19(21)11-17(16)13-4-8-15(9-5-13)26(22,24)25/h2-11,23H,1H3,(H2,22,24,25). The zero-order valence-corrected chi connectivity index (χ0v) is 14.6. The highest BCUT2D eigenvalue weighted by Crippen LogP contribution is 2.34. The van der Waals surface area contributed by atoms with Gasteiger partial charge in [0.2, 0.25) is 10.0 Å². The maximum Gasteiger partial charge on any atom is 0.238 e. The molecule has 0 unspecified atom stereocenters. The SMILES string of the molecule is CNc1ccc(-c2cc(F)c(F)cc2-c2ccc(S(N)(=O)=O)cc2)cc1. The Morgan fingerprint density at radius 2 is 1.23 bits per heavy atom. The van der Waals surface area contributed by atoms with Crippen molar-refractivity contribution < 1.29 is 17.2 Å². The van der Waals surface area contributed by atoms with Crippen LogP contribution >= 0.6 is 0 Å². The van der Waals surface area contributed by atoms with Crippen molar-refractivity contribution in [2.75, 3.05) is 12.4 Å². The average Bonchev–Trinajstić information content (AvgIpc) is 2.63. The van der Waals surface area contributed by atoms with E-state index in [1.807, 2.05) is 12.1 Å². The van der Waals surface area contributed by atoms with Crippen LogP contribution in [0.5, 0.6) is 0 Å². The van der Waals surface area contributed by atoms with E-state index >= 15 is 0 Å². The van der Waals surface area contributed by atoms with E-state index in [0.29, 0.717) is 22.3 Å². The van der Waals surface area contributed by atoms with Gasteiger partial charge in [-0.15, -0.1) is 0 Å². The van der Waals surface area contributed by atoms with E-state index in [2.05, 4.69) is 5.32 Å². The van der Waals surface area contributed by atoms with Gasteiger partial charge in [0.1, 0.15) is 0 Å². The molecule has 0 saturated carbocycles. The number of rotatable bonds is 4. The highest BCUT2D eigenvalue weighted by molar-refractivity contribution is 7.89. The maximum absolute atomic E-state index is 13.8. The highest BCUT2D eigenvalue weighted by atomic mass is 32.2. The van der Waals surface area contributed by atoms with E-state index in [0.717, 1.165) is 17.8 Å². The Labute approximate surface area is 150 Å². The van der Waals surface area contributed by atoms with Crippen molar-refractivity contribution in [3.05, 3.63) is 72.3 Å². The van der Waals surface area contributed by atoms with Crippen LogP contribution in [0.1, 0.15) is 0 Å². The number of sulfonamides is 1. The van der Waals surface area contributed by atoms with Crippen molar-refractivity contribution in [2.45, 2.75) is 4.90 Å². The summed E-state index contributed by atoms with van der Waals surface area (Å²) in [6.45, 7) is 0. The first kappa shape index (κ1) is 18.0. The van der Waals surface area contributed by atoms with Gasteiger partial charge in [0.25, 0.3) is 0 Å². The van der Waals surface area contributed by atoms with E-state index in [1.54, 1.807) is 19.2 Å². The molecule has 0 fully saturated rings. The predicted molar refractivity (Wildman–Crippen MR) is 98.1 cm³/mol. The number of hydrogen-bond donors (Lipinski definition) is 2. The van der Waals surface area contributed by atoms with E-state index in [-0.39, 0.29) is 4.90 Å². The van der Waals surface area contributed by atoms with Gasteiger partial charge in [-0.3, -0.25) is 0 Å². The van der Waals surface area contributed by atoms with Crippen LogP contribution in [0.15, 0.2) is 65.6 Å². The van der Waals surface area contributed by atoms with Gasteiger partial charge in [-0.25, -0.2) is 22.3 Å². The molecule has 3 rings (SSSR count). The van der Waals surface area contributed by atoms with Gasteiger partial charge in [0.15, 0.2) is 11.6 Å². The third-order valence-electron chi connectivity index (χ3n) is 4.04. The lowest BCUT2D eigenvalue weighted by molar-refractivity contribution is 0.509. The molecule has 0 spiro atoms. The van der Waals surface area contributed by atoms with Crippen molar-refractivity contribution in [1.29, 1.82) is 0 Å². The zero-order valence-electron chi connectivity index (χ0n) is 13.8. The molecule has 0 radical (unpaired) electrons. The summed E-state index contributed by atoms with van der Waals surface area (Å²) >= 11 is 0. The molecular formula is C19H16F2N2O2S. The summed E-state index contributed by atoms with van der Waals surface area (Å²) in [5.41, 5.74) is 3.07. The molecule has 0 aliphatic heterocycles. The van der Waals surface area contributed by atoms with E-state index in [4.69, 9.17) is 5.14 Å². The predicted octanol–water partition coefficient (Wildman–Crippen LogP) is 3.99. The topological polar surface area (TPSA) is 72.2 Å². The molecule has 3 aromatic rings. The first-order chi connectivity index (χ1) is 12.3. The largest absolute Gasteiger partial charge is 0.388 e. The number of primary sulfonamides is 1. The molecule has 7 heteroatoms. The summed E-state index contributed by atoms with van der Waals surface area (Å²) in [6.07, 6.45) is 0. The fraction of sp³-hybridized carbons (Fsp3) is 0.0526. The molecule has 134 valence electrons. The molecule has 0 heterocycles. The second-order valence-electron chi connectivity index (χ2n) is 5.71. The Kier molecular flexibility index (Phi) is 4.76. The number of hydrogen-bond acceptors (Lipinski definition) is 3. The van der Waals surface area contributed by atoms with Crippen LogP contribution in [-0.4, -0.2) is 15.5 Å². The third kappa shape index (κ3) is 3.58. The van der Waals surface area contributed by atoms with Crippen molar-refractivity contribution in [3.63, 3.8) is 0 Å². The van der Waals surface area contributed by atoms with Gasteiger partial charge >= 0.3 is 0 Å². The van der Waals surface area contributed by atoms with Gasteiger partial charge in [-0.1, -0.05) is 24.3 Å². The van der Waals surface area contributed by atoms with Crippen LogP contribution in [0.2, 0.25) is 0 Å². The summed E-state index contributed by atoms with van der Waals surface area (Å²) in [6, 6.07) is 15.2. The molecule has 4 nitrogen and oxygen atoms in total. The molecule has 0 aliphatic carbocycles. The van der Waals surface area contributed by atoms with E-state index in [1.165, 1.54) is 24.3 Å². The second kappa shape index (κ2) is 6.86. The number of benzene rings is 3. The van der Waals surface area contributed by atoms with Gasteiger partial charge < -0.3 is 5.32 Å². The van der Waals surface area contributed by atoms with Crippen molar-refractivity contribution in [1.82, 2.24) is 0 Å². The number of nitrogens with two attached hydrogens (primary N) is 1. The van der Waals surface area contributed by atoms with Crippen molar-refractivity contribution in [2.24, 2.45) is 5.14 Å². The summed E-state index contributed by atoms with van der Waals surface area (Å²) in [7, 11) is -2.04. The molecule has 0 aliphatic rings. The number of anilines is 1. The molecule has 0 aromatic heterocycles. The average molecular weight is 374 g/mol. The van der Waals surface area contributed by atoms with E-state index in [9.17, 15) is 17.2 Å². The van der Waals surface area contributed by atoms with Crippen LogP contribution in [0.25, 0.3) is 22.3 Å². The fourth-order valence-corrected chi connectivity index (χ4v) is 3.18. The Hall–Kier alpha value is -2.77. The van der Waals surface area contributed by atoms with Crippen LogP contribution in [0, 0.1) is 11.6 Å². The molecule has 0 amide bonds. The van der Waals surface area contributed by atoms with Gasteiger partial charge in [0.05, 0.1) is 4.90 Å². The molecule has 3 aromatic carbocycles. The van der Waals surface area contributed by atoms with Crippen LogP contribution in [0.4, 0.5) is 14.5 Å². The summed E-state index contributed by atoms with van der Waals surface area (Å²) < 4.78 is 50.5. The minimum absolute atomic E-state index is 0.0521. The molecule has 26 heavy (non-hydrogen) atoms. The second-order valence-corrected chi connectivity index (χ2v) is 7.27. The zero-order chi connectivity index (χ0) is 18.9. The van der Waals surface area contributed by atoms with Crippen LogP contribution in [0.3, 0.4) is 0 Å². The summed E-state index contributed by atoms with van der Waals surface area (Å²) in [4.78, 5) is -0.0521. The monoisotopic (exact) mass is 374 g/mol. The normalized spacial score (nSPS) is 11.4. The van der Waals surface area contributed by atoms with E-state index < -0.39 is 21.7 Å². The first-order valence-electron chi connectivity index (χ1n) is 7.70. The lowest BCUT2D eigenvalue weighted by Gasteiger charge is -2.12. The molecular weight excluding hydrogens is 358 g/mol. The highest BCUT2D eigenvalue weighted by Gasteiger charge is 2.14. The van der Waals surface area contributed by atoms with Crippen LogP contribution in [-0.2, 0) is 10.0 Å². The molecule has 0 bridgehead atoms. The van der Waals surface area contributed by atoms with Crippen molar-refractivity contribution >= 4 is 15.7 Å². The Balaban J connectivity index is 2.15. The minimum atomic E-state index is -3.83. The maximum atomic E-state index is 13.8. The Morgan fingerprint density at radius 1 is 0.808 bits per heavy atom. The fourth-order valence-electron chi connectivity index (χ4n) is 2.67. The van der Waals surface area contributed by atoms with Crippen molar-refractivity contribution in [3.8, 4) is 22.3 Å². The smallest absolute Gasteiger partial charge is 0.238 e. The Morgan fingerprint density at radius 3 is 1.62 bits per heavy atom. The van der Waals surface area contributed by atoms with Crippen LogP contribution < -0.4 is 10.5 Å². The number of halogens is 2. The minimum Gasteiger partial charge on any atom is -0.388 e. The van der Waals surface area contributed by atoms with Gasteiger partial charge in [-0.2, -0.15) is 0 Å². The Bertz CT molecular complexity index is 1050. The van der Waals surface area contributed by atoms with Gasteiger partial charge in [0, 0.05) is 12.7 Å². The third-order valence-corrected chi connectivity index (χ3v) is 4.97. The summed E-state index contributed by atoms with van der Waals surface area (Å²) in [5.74, 6) is -1.94. The molecule has 3 N–H and O–H groups in total. The lowest BCUT2D eigenvalue weighted by Crippen LogP contribution is -2.11. The lowest BCUT2D eigenvalue weighted by atomic mass is 9.94. The summed E-state index contributed by atoms with van der Waals surface area (Å²) in [5, 5.41) is 8.08. The molecule has 0 saturated heterocycles. The quantitative estimate of drug-likeness (QED) is 0.725. The number of nitrogens with one attached hydrogen (secondary N) is 1. The van der Waals surface area contributed by atoms with Gasteiger partial charge in [-0.05, 0) is 58.7 Å². The first-order valence-corrected chi connectivity index (χ1v) is 9.24. The molecule has 0 atom stereocenters.